The SMILES string of the molecule is CCCNC(CCC)C(CC)N1CCN(C)C(C)(C)C1. The van der Waals surface area contributed by atoms with Crippen LogP contribution >= 0.6 is 0 Å². The molecule has 1 saturated heterocycles. The maximum Gasteiger partial charge on any atom is 0.0277 e. The van der Waals surface area contributed by atoms with Gasteiger partial charge in [0.2, 0.25) is 0 Å². The minimum atomic E-state index is 0.299. The summed E-state index contributed by atoms with van der Waals surface area (Å²) >= 11 is 0. The van der Waals surface area contributed by atoms with Crippen LogP contribution in [-0.2, 0) is 0 Å². The van der Waals surface area contributed by atoms with Crippen molar-refractivity contribution in [2.75, 3.05) is 33.2 Å². The van der Waals surface area contributed by atoms with Crippen molar-refractivity contribution in [1.29, 1.82) is 0 Å². The first-order chi connectivity index (χ1) is 9.46. The lowest BCUT2D eigenvalue weighted by Crippen LogP contribution is -2.62. The van der Waals surface area contributed by atoms with Gasteiger partial charge in [-0.05, 0) is 46.7 Å². The van der Waals surface area contributed by atoms with Gasteiger partial charge in [-0.2, -0.15) is 0 Å². The molecule has 1 aliphatic heterocycles. The van der Waals surface area contributed by atoms with E-state index in [4.69, 9.17) is 0 Å². The molecule has 1 aliphatic rings. The number of rotatable bonds is 8. The lowest BCUT2D eigenvalue weighted by atomic mass is 9.93. The van der Waals surface area contributed by atoms with Crippen molar-refractivity contribution in [3.63, 3.8) is 0 Å². The van der Waals surface area contributed by atoms with Crippen molar-refractivity contribution >= 4 is 0 Å². The van der Waals surface area contributed by atoms with Crippen LogP contribution in [0, 0.1) is 0 Å². The van der Waals surface area contributed by atoms with E-state index in [1.807, 2.05) is 0 Å². The monoisotopic (exact) mass is 283 g/mol. The molecule has 0 aromatic heterocycles. The zero-order chi connectivity index (χ0) is 15.2. The lowest BCUT2D eigenvalue weighted by molar-refractivity contribution is 0.00532. The fourth-order valence-corrected chi connectivity index (χ4v) is 3.43. The van der Waals surface area contributed by atoms with Crippen LogP contribution < -0.4 is 5.32 Å². The molecule has 0 aliphatic carbocycles. The van der Waals surface area contributed by atoms with E-state index in [1.54, 1.807) is 0 Å². The van der Waals surface area contributed by atoms with Crippen LogP contribution in [0.15, 0.2) is 0 Å². The van der Waals surface area contributed by atoms with Crippen LogP contribution in [0.2, 0.25) is 0 Å². The number of nitrogens with zero attached hydrogens (tertiary/aromatic N) is 2. The lowest BCUT2D eigenvalue weighted by Gasteiger charge is -2.49. The molecule has 3 heteroatoms. The van der Waals surface area contributed by atoms with Gasteiger partial charge in [-0.25, -0.2) is 0 Å². The zero-order valence-corrected chi connectivity index (χ0v) is 14.7. The van der Waals surface area contributed by atoms with Gasteiger partial charge < -0.3 is 5.32 Å². The van der Waals surface area contributed by atoms with Crippen LogP contribution in [0.5, 0.6) is 0 Å². The van der Waals surface area contributed by atoms with Crippen LogP contribution in [-0.4, -0.2) is 60.6 Å². The van der Waals surface area contributed by atoms with E-state index >= 15 is 0 Å². The average molecular weight is 284 g/mol. The summed E-state index contributed by atoms with van der Waals surface area (Å²) in [5.74, 6) is 0. The summed E-state index contributed by atoms with van der Waals surface area (Å²) in [6.45, 7) is 16.4. The molecule has 0 aromatic rings. The van der Waals surface area contributed by atoms with Gasteiger partial charge >= 0.3 is 0 Å². The van der Waals surface area contributed by atoms with Crippen LogP contribution in [0.4, 0.5) is 0 Å². The van der Waals surface area contributed by atoms with Crippen LogP contribution in [0.3, 0.4) is 0 Å². The molecule has 2 atom stereocenters. The fraction of sp³-hybridized carbons (Fsp3) is 1.00. The second-order valence-corrected chi connectivity index (χ2v) is 7.03. The Morgan fingerprint density at radius 3 is 2.30 bits per heavy atom. The fourth-order valence-electron chi connectivity index (χ4n) is 3.43. The molecule has 3 nitrogen and oxygen atoms in total. The standard InChI is InChI=1S/C17H37N3/c1-7-10-15(18-11-8-2)16(9-3)20-13-12-19(6)17(4,5)14-20/h15-16,18H,7-14H2,1-6H3. The Morgan fingerprint density at radius 2 is 1.80 bits per heavy atom. The van der Waals surface area contributed by atoms with Gasteiger partial charge in [-0.3, -0.25) is 9.80 Å². The summed E-state index contributed by atoms with van der Waals surface area (Å²) in [4.78, 5) is 5.24. The summed E-state index contributed by atoms with van der Waals surface area (Å²) in [7, 11) is 2.26. The Hall–Kier alpha value is -0.120. The quantitative estimate of drug-likeness (QED) is 0.739. The molecule has 1 N–H and O–H groups in total. The molecule has 2 unspecified atom stereocenters. The first-order valence-corrected chi connectivity index (χ1v) is 8.64. The minimum Gasteiger partial charge on any atom is -0.312 e. The van der Waals surface area contributed by atoms with Crippen molar-refractivity contribution in [2.24, 2.45) is 0 Å². The highest BCUT2D eigenvalue weighted by atomic mass is 15.3. The third-order valence-corrected chi connectivity index (χ3v) is 4.95. The third-order valence-electron chi connectivity index (χ3n) is 4.95. The maximum absolute atomic E-state index is 3.80. The molecule has 1 heterocycles. The van der Waals surface area contributed by atoms with E-state index in [-0.39, 0.29) is 0 Å². The smallest absolute Gasteiger partial charge is 0.0277 e. The van der Waals surface area contributed by atoms with Gasteiger partial charge in [0.25, 0.3) is 0 Å². The number of hydrogen-bond donors (Lipinski definition) is 1. The molecule has 0 radical (unpaired) electrons. The Bertz CT molecular complexity index is 265. The van der Waals surface area contributed by atoms with Crippen molar-refractivity contribution < 1.29 is 0 Å². The molecule has 0 aromatic carbocycles. The van der Waals surface area contributed by atoms with Crippen molar-refractivity contribution in [2.45, 2.75) is 77.9 Å². The summed E-state index contributed by atoms with van der Waals surface area (Å²) in [5.41, 5.74) is 0.299. The van der Waals surface area contributed by atoms with Gasteiger partial charge in [-0.1, -0.05) is 27.2 Å². The molecular weight excluding hydrogens is 246 g/mol. The predicted molar refractivity (Wildman–Crippen MR) is 89.4 cm³/mol. The summed E-state index contributed by atoms with van der Waals surface area (Å²) < 4.78 is 0. The number of nitrogens with one attached hydrogen (secondary N) is 1. The number of hydrogen-bond acceptors (Lipinski definition) is 3. The van der Waals surface area contributed by atoms with E-state index in [0.29, 0.717) is 17.6 Å². The molecule has 20 heavy (non-hydrogen) atoms. The van der Waals surface area contributed by atoms with Crippen LogP contribution in [0.1, 0.15) is 60.3 Å². The third kappa shape index (κ3) is 4.71. The van der Waals surface area contributed by atoms with Gasteiger partial charge in [-0.15, -0.1) is 0 Å². The van der Waals surface area contributed by atoms with Gasteiger partial charge in [0.1, 0.15) is 0 Å². The highest BCUT2D eigenvalue weighted by Crippen LogP contribution is 2.24. The topological polar surface area (TPSA) is 18.5 Å². The Labute approximate surface area is 127 Å². The minimum absolute atomic E-state index is 0.299. The molecule has 1 fully saturated rings. The van der Waals surface area contributed by atoms with Gasteiger partial charge in [0, 0.05) is 37.3 Å². The van der Waals surface area contributed by atoms with E-state index in [1.165, 1.54) is 45.3 Å². The van der Waals surface area contributed by atoms with E-state index in [9.17, 15) is 0 Å². The van der Waals surface area contributed by atoms with Gasteiger partial charge in [0.15, 0.2) is 0 Å². The summed E-state index contributed by atoms with van der Waals surface area (Å²) in [5, 5.41) is 3.80. The van der Waals surface area contributed by atoms with E-state index in [0.717, 1.165) is 6.54 Å². The highest BCUT2D eigenvalue weighted by Gasteiger charge is 2.35. The molecule has 0 spiro atoms. The Morgan fingerprint density at radius 1 is 1.10 bits per heavy atom. The first kappa shape index (κ1) is 17.9. The maximum atomic E-state index is 3.80. The summed E-state index contributed by atoms with van der Waals surface area (Å²) in [6, 6.07) is 1.35. The second kappa shape index (κ2) is 8.35. The normalized spacial score (nSPS) is 23.7. The predicted octanol–water partition coefficient (Wildman–Crippen LogP) is 2.96. The molecule has 0 amide bonds. The Balaban J connectivity index is 2.71. The molecule has 0 bridgehead atoms. The summed E-state index contributed by atoms with van der Waals surface area (Å²) in [6.07, 6.45) is 5.05. The molecular formula is C17H37N3. The highest BCUT2D eigenvalue weighted by molar-refractivity contribution is 4.93. The van der Waals surface area contributed by atoms with Crippen LogP contribution in [0.25, 0.3) is 0 Å². The van der Waals surface area contributed by atoms with Crippen molar-refractivity contribution in [3.05, 3.63) is 0 Å². The number of likely N-dealkylation sites (N-methyl/N-ethyl adjacent to an activating group) is 1. The number of piperazine rings is 1. The van der Waals surface area contributed by atoms with E-state index in [2.05, 4.69) is 56.8 Å². The molecule has 0 saturated carbocycles. The van der Waals surface area contributed by atoms with Gasteiger partial charge in [0.05, 0.1) is 0 Å². The molecule has 1 rings (SSSR count). The molecule has 120 valence electrons. The van der Waals surface area contributed by atoms with E-state index < -0.39 is 0 Å². The van der Waals surface area contributed by atoms with Crippen molar-refractivity contribution in [1.82, 2.24) is 15.1 Å². The first-order valence-electron chi connectivity index (χ1n) is 8.64. The average Bonchev–Trinajstić information content (AvgIpc) is 2.40. The Kier molecular flexibility index (Phi) is 7.49. The zero-order valence-electron chi connectivity index (χ0n) is 14.7. The van der Waals surface area contributed by atoms with Crippen molar-refractivity contribution in [3.8, 4) is 0 Å². The second-order valence-electron chi connectivity index (χ2n) is 7.03. The largest absolute Gasteiger partial charge is 0.312 e.